The molecule has 2 aromatic rings. The monoisotopic (exact) mass is 346 g/mol. The third-order valence-corrected chi connectivity index (χ3v) is 5.01. The molecular weight excluding hydrogens is 331 g/mol. The molecule has 2 rings (SSSR count). The van der Waals surface area contributed by atoms with Crippen molar-refractivity contribution in [2.75, 3.05) is 0 Å². The van der Waals surface area contributed by atoms with Gasteiger partial charge in [-0.25, -0.2) is 13.1 Å². The van der Waals surface area contributed by atoms with Gasteiger partial charge in [-0.2, -0.15) is 5.10 Å². The molecule has 0 atom stereocenters. The molecule has 0 fully saturated rings. The van der Waals surface area contributed by atoms with E-state index in [2.05, 4.69) is 5.10 Å². The Kier molecular flexibility index (Phi) is 4.66. The molecule has 114 valence electrons. The first-order valence-corrected chi connectivity index (χ1v) is 9.24. The Labute approximate surface area is 134 Å². The molecule has 0 N–H and O–H groups in total. The molecule has 0 spiro atoms. The number of halogens is 2. The summed E-state index contributed by atoms with van der Waals surface area (Å²) in [4.78, 5) is -0.0901. The second-order valence-corrected chi connectivity index (χ2v) is 7.82. The quantitative estimate of drug-likeness (QED) is 0.785. The summed E-state index contributed by atoms with van der Waals surface area (Å²) in [5, 5.41) is 4.38. The van der Waals surface area contributed by atoms with E-state index in [0.717, 1.165) is 23.2 Å². The average Bonchev–Trinajstić information content (AvgIpc) is 2.66. The van der Waals surface area contributed by atoms with Gasteiger partial charge in [-0.15, -0.1) is 0 Å². The van der Waals surface area contributed by atoms with Crippen LogP contribution in [-0.2, 0) is 15.5 Å². The number of hydrogen-bond acceptors (Lipinski definition) is 3. The van der Waals surface area contributed by atoms with Gasteiger partial charge < -0.3 is 0 Å². The third kappa shape index (κ3) is 3.25. The molecule has 0 saturated heterocycles. The lowest BCUT2D eigenvalue weighted by molar-refractivity contribution is 0.608. The maximum Gasteiger partial charge on any atom is 0.266 e. The Morgan fingerprint density at radius 3 is 2.48 bits per heavy atom. The topological polar surface area (TPSA) is 52.0 Å². The van der Waals surface area contributed by atoms with E-state index in [4.69, 9.17) is 22.3 Å². The number of benzene rings is 1. The minimum Gasteiger partial charge on any atom is -0.220 e. The van der Waals surface area contributed by atoms with E-state index in [1.54, 1.807) is 0 Å². The summed E-state index contributed by atoms with van der Waals surface area (Å²) in [5.74, 6) is 0. The fraction of sp³-hybridized carbons (Fsp3) is 0.357. The van der Waals surface area contributed by atoms with Gasteiger partial charge >= 0.3 is 0 Å². The van der Waals surface area contributed by atoms with E-state index in [1.165, 1.54) is 4.68 Å². The second-order valence-electron chi connectivity index (χ2n) is 4.96. The summed E-state index contributed by atoms with van der Waals surface area (Å²) in [6, 6.07) is 5.78. The van der Waals surface area contributed by atoms with Crippen molar-refractivity contribution in [2.24, 2.45) is 0 Å². The SMILES string of the molecule is CCCc1nn(-c2ccc(C)cc2C)c(Cl)c1S(=O)(=O)Cl. The molecule has 4 nitrogen and oxygen atoms in total. The highest BCUT2D eigenvalue weighted by molar-refractivity contribution is 8.13. The fourth-order valence-electron chi connectivity index (χ4n) is 2.27. The van der Waals surface area contributed by atoms with E-state index in [-0.39, 0.29) is 10.0 Å². The number of rotatable bonds is 4. The van der Waals surface area contributed by atoms with Crippen LogP contribution in [0.1, 0.15) is 30.2 Å². The largest absolute Gasteiger partial charge is 0.266 e. The number of aryl methyl sites for hydroxylation is 3. The zero-order chi connectivity index (χ0) is 15.8. The van der Waals surface area contributed by atoms with Gasteiger partial charge in [0.2, 0.25) is 0 Å². The predicted octanol–water partition coefficient (Wildman–Crippen LogP) is 4.02. The highest BCUT2D eigenvalue weighted by Crippen LogP contribution is 2.32. The lowest BCUT2D eigenvalue weighted by atomic mass is 10.1. The predicted molar refractivity (Wildman–Crippen MR) is 85.1 cm³/mol. The first kappa shape index (κ1) is 16.3. The first-order valence-electron chi connectivity index (χ1n) is 6.55. The molecule has 0 radical (unpaired) electrons. The molecule has 1 heterocycles. The zero-order valence-corrected chi connectivity index (χ0v) is 14.3. The summed E-state index contributed by atoms with van der Waals surface area (Å²) >= 11 is 6.23. The van der Waals surface area contributed by atoms with E-state index in [1.807, 2.05) is 39.0 Å². The van der Waals surface area contributed by atoms with Crippen LogP contribution in [0, 0.1) is 13.8 Å². The molecule has 0 aliphatic heterocycles. The maximum absolute atomic E-state index is 11.8. The summed E-state index contributed by atoms with van der Waals surface area (Å²) in [6.45, 7) is 5.85. The van der Waals surface area contributed by atoms with Crippen LogP contribution in [0.5, 0.6) is 0 Å². The molecule has 1 aromatic carbocycles. The van der Waals surface area contributed by atoms with Crippen molar-refractivity contribution < 1.29 is 8.42 Å². The molecular formula is C14H16Cl2N2O2S. The van der Waals surface area contributed by atoms with Crippen LogP contribution in [0.25, 0.3) is 5.69 Å². The highest BCUT2D eigenvalue weighted by Gasteiger charge is 2.26. The Balaban J connectivity index is 2.71. The minimum atomic E-state index is -3.94. The Bertz CT molecular complexity index is 783. The molecule has 0 aliphatic carbocycles. The van der Waals surface area contributed by atoms with Gasteiger partial charge in [0.1, 0.15) is 4.90 Å². The molecule has 0 bridgehead atoms. The van der Waals surface area contributed by atoms with E-state index in [9.17, 15) is 8.42 Å². The van der Waals surface area contributed by atoms with Gasteiger partial charge in [0.05, 0.1) is 11.4 Å². The lowest BCUT2D eigenvalue weighted by Gasteiger charge is -2.08. The Hall–Kier alpha value is -1.04. The van der Waals surface area contributed by atoms with Gasteiger partial charge in [0.15, 0.2) is 5.15 Å². The van der Waals surface area contributed by atoms with E-state index < -0.39 is 9.05 Å². The summed E-state index contributed by atoms with van der Waals surface area (Å²) in [7, 11) is 1.57. The second kappa shape index (κ2) is 5.99. The summed E-state index contributed by atoms with van der Waals surface area (Å²) in [6.07, 6.45) is 1.25. The van der Waals surface area contributed by atoms with Crippen molar-refractivity contribution >= 4 is 31.3 Å². The maximum atomic E-state index is 11.8. The summed E-state index contributed by atoms with van der Waals surface area (Å²) in [5.41, 5.74) is 3.21. The Morgan fingerprint density at radius 2 is 1.95 bits per heavy atom. The number of aromatic nitrogens is 2. The third-order valence-electron chi connectivity index (χ3n) is 3.17. The normalized spacial score (nSPS) is 11.9. The number of nitrogens with zero attached hydrogens (tertiary/aromatic N) is 2. The van der Waals surface area contributed by atoms with Crippen LogP contribution >= 0.6 is 22.3 Å². The zero-order valence-electron chi connectivity index (χ0n) is 12.0. The minimum absolute atomic E-state index is 0.0282. The van der Waals surface area contributed by atoms with Crippen LogP contribution in [-0.4, -0.2) is 18.2 Å². The first-order chi connectivity index (χ1) is 9.75. The van der Waals surface area contributed by atoms with E-state index >= 15 is 0 Å². The van der Waals surface area contributed by atoms with Gasteiger partial charge in [-0.3, -0.25) is 0 Å². The van der Waals surface area contributed by atoms with Crippen LogP contribution < -0.4 is 0 Å². The van der Waals surface area contributed by atoms with Crippen molar-refractivity contribution in [1.29, 1.82) is 0 Å². The van der Waals surface area contributed by atoms with Crippen molar-refractivity contribution in [3.05, 3.63) is 40.2 Å². The van der Waals surface area contributed by atoms with Crippen molar-refractivity contribution in [2.45, 2.75) is 38.5 Å². The fourth-order valence-corrected chi connectivity index (χ4v) is 4.13. The van der Waals surface area contributed by atoms with Crippen LogP contribution in [0.15, 0.2) is 23.1 Å². The molecule has 0 unspecified atom stereocenters. The van der Waals surface area contributed by atoms with Gasteiger partial charge in [-0.1, -0.05) is 42.6 Å². The van der Waals surface area contributed by atoms with Gasteiger partial charge in [0, 0.05) is 10.7 Å². The lowest BCUT2D eigenvalue weighted by Crippen LogP contribution is -2.00. The number of hydrogen-bond donors (Lipinski definition) is 0. The van der Waals surface area contributed by atoms with Crippen LogP contribution in [0.2, 0.25) is 5.15 Å². The smallest absolute Gasteiger partial charge is 0.220 e. The van der Waals surface area contributed by atoms with Crippen LogP contribution in [0.4, 0.5) is 0 Å². The van der Waals surface area contributed by atoms with Crippen molar-refractivity contribution in [1.82, 2.24) is 9.78 Å². The molecule has 1 aromatic heterocycles. The van der Waals surface area contributed by atoms with Crippen molar-refractivity contribution in [3.8, 4) is 5.69 Å². The highest BCUT2D eigenvalue weighted by atomic mass is 35.7. The van der Waals surface area contributed by atoms with E-state index in [0.29, 0.717) is 12.1 Å². The molecule has 0 saturated carbocycles. The molecule has 21 heavy (non-hydrogen) atoms. The Morgan fingerprint density at radius 1 is 1.29 bits per heavy atom. The van der Waals surface area contributed by atoms with Crippen LogP contribution in [0.3, 0.4) is 0 Å². The van der Waals surface area contributed by atoms with Gasteiger partial charge in [0.25, 0.3) is 9.05 Å². The summed E-state index contributed by atoms with van der Waals surface area (Å²) < 4.78 is 25.0. The molecule has 0 amide bonds. The van der Waals surface area contributed by atoms with Gasteiger partial charge in [-0.05, 0) is 31.9 Å². The average molecular weight is 347 g/mol. The standard InChI is InChI=1S/C14H16Cl2N2O2S/c1-4-5-11-13(21(16,19)20)14(15)18(17-11)12-7-6-9(2)8-10(12)3/h6-8H,4-5H2,1-3H3. The van der Waals surface area contributed by atoms with Crippen molar-refractivity contribution in [3.63, 3.8) is 0 Å². The molecule has 7 heteroatoms. The molecule has 0 aliphatic rings.